The Hall–Kier alpha value is -3.93. The molecule has 6 nitrogen and oxygen atoms in total. The van der Waals surface area contributed by atoms with Gasteiger partial charge in [0.1, 0.15) is 17.6 Å². The number of aliphatic hydroxyl groups is 1. The lowest BCUT2D eigenvalue weighted by atomic mass is 9.98. The summed E-state index contributed by atoms with van der Waals surface area (Å²) in [5.41, 5.74) is 2.56. The largest absolute Gasteiger partial charge is 0.507 e. The van der Waals surface area contributed by atoms with Gasteiger partial charge in [-0.1, -0.05) is 37.3 Å². The molecule has 156 valence electrons. The molecule has 0 bridgehead atoms. The Labute approximate surface area is 180 Å². The summed E-state index contributed by atoms with van der Waals surface area (Å²) in [7, 11) is 1.52. The van der Waals surface area contributed by atoms with Crippen LogP contribution in [0.2, 0.25) is 0 Å². The van der Waals surface area contributed by atoms with E-state index in [1.165, 1.54) is 12.0 Å². The Morgan fingerprint density at radius 2 is 1.84 bits per heavy atom. The molecule has 1 saturated heterocycles. The number of anilines is 1. The second-order valence-electron chi connectivity index (χ2n) is 7.18. The average Bonchev–Trinajstić information content (AvgIpc) is 3.09. The summed E-state index contributed by atoms with van der Waals surface area (Å²) >= 11 is 0. The van der Waals surface area contributed by atoms with Gasteiger partial charge in [0.25, 0.3) is 11.7 Å². The number of aliphatic hydroxyl groups excluding tert-OH is 1. The van der Waals surface area contributed by atoms with Crippen LogP contribution in [0.1, 0.15) is 29.8 Å². The Balaban J connectivity index is 1.91. The minimum absolute atomic E-state index is 0.00322. The molecule has 1 aliphatic rings. The molecule has 2 heterocycles. The van der Waals surface area contributed by atoms with Crippen molar-refractivity contribution in [3.8, 4) is 5.75 Å². The molecule has 0 radical (unpaired) electrons. The highest BCUT2D eigenvalue weighted by Crippen LogP contribution is 2.41. The first kappa shape index (κ1) is 20.3. The van der Waals surface area contributed by atoms with Gasteiger partial charge >= 0.3 is 0 Å². The predicted molar refractivity (Wildman–Crippen MR) is 118 cm³/mol. The number of rotatable bonds is 5. The topological polar surface area (TPSA) is 79.7 Å². The average molecular weight is 414 g/mol. The zero-order valence-corrected chi connectivity index (χ0v) is 17.3. The molecule has 1 amide bonds. The van der Waals surface area contributed by atoms with Gasteiger partial charge in [-0.05, 0) is 48.4 Å². The number of Topliss-reactive ketones (excluding diaryl/α,β-unsaturated/α-hetero) is 1. The predicted octanol–water partition coefficient (Wildman–Crippen LogP) is 4.28. The van der Waals surface area contributed by atoms with Crippen molar-refractivity contribution >= 4 is 23.1 Å². The molecule has 0 aliphatic carbocycles. The number of aryl methyl sites for hydroxylation is 1. The van der Waals surface area contributed by atoms with Gasteiger partial charge in [0.05, 0.1) is 18.4 Å². The highest BCUT2D eigenvalue weighted by Gasteiger charge is 2.47. The van der Waals surface area contributed by atoms with E-state index in [1.54, 1.807) is 48.7 Å². The van der Waals surface area contributed by atoms with Crippen molar-refractivity contribution in [2.75, 3.05) is 12.0 Å². The van der Waals surface area contributed by atoms with Crippen molar-refractivity contribution < 1.29 is 19.4 Å². The number of carbonyl (C=O) groups is 2. The highest BCUT2D eigenvalue weighted by atomic mass is 16.5. The molecule has 4 rings (SSSR count). The molecule has 1 atom stereocenters. The van der Waals surface area contributed by atoms with Crippen molar-refractivity contribution in [3.63, 3.8) is 0 Å². The van der Waals surface area contributed by atoms with E-state index in [2.05, 4.69) is 4.98 Å². The number of hydrogen-bond donors (Lipinski definition) is 1. The highest BCUT2D eigenvalue weighted by molar-refractivity contribution is 6.51. The Morgan fingerprint density at radius 1 is 1.06 bits per heavy atom. The van der Waals surface area contributed by atoms with Crippen molar-refractivity contribution in [1.29, 1.82) is 0 Å². The number of methoxy groups -OCH3 is 1. The lowest BCUT2D eigenvalue weighted by Crippen LogP contribution is -2.29. The van der Waals surface area contributed by atoms with E-state index in [4.69, 9.17) is 4.74 Å². The maximum atomic E-state index is 13.1. The van der Waals surface area contributed by atoms with Crippen LogP contribution in [0, 0.1) is 0 Å². The molecule has 1 unspecified atom stereocenters. The number of amides is 1. The van der Waals surface area contributed by atoms with Crippen molar-refractivity contribution in [3.05, 3.63) is 95.3 Å². The van der Waals surface area contributed by atoms with E-state index >= 15 is 0 Å². The number of hydrogen-bond acceptors (Lipinski definition) is 5. The monoisotopic (exact) mass is 414 g/mol. The Bertz CT molecular complexity index is 1150. The molecule has 1 aromatic heterocycles. The minimum atomic E-state index is -0.847. The summed E-state index contributed by atoms with van der Waals surface area (Å²) in [4.78, 5) is 32.0. The van der Waals surface area contributed by atoms with Gasteiger partial charge in [0.15, 0.2) is 0 Å². The second-order valence-corrected chi connectivity index (χ2v) is 7.18. The molecular formula is C25H22N2O4. The fourth-order valence-electron chi connectivity index (χ4n) is 3.73. The van der Waals surface area contributed by atoms with Gasteiger partial charge < -0.3 is 9.84 Å². The van der Waals surface area contributed by atoms with Gasteiger partial charge in [0.2, 0.25) is 0 Å². The quantitative estimate of drug-likeness (QED) is 0.383. The fraction of sp³-hybridized carbons (Fsp3) is 0.160. The maximum Gasteiger partial charge on any atom is 0.300 e. The van der Waals surface area contributed by atoms with Crippen LogP contribution >= 0.6 is 0 Å². The summed E-state index contributed by atoms with van der Waals surface area (Å²) in [5, 5.41) is 11.1. The van der Waals surface area contributed by atoms with Crippen LogP contribution in [-0.4, -0.2) is 28.9 Å². The molecule has 1 aliphatic heterocycles. The van der Waals surface area contributed by atoms with E-state index < -0.39 is 17.7 Å². The van der Waals surface area contributed by atoms with Crippen molar-refractivity contribution in [2.24, 2.45) is 0 Å². The molecule has 31 heavy (non-hydrogen) atoms. The number of carbonyl (C=O) groups excluding carboxylic acids is 2. The minimum Gasteiger partial charge on any atom is -0.507 e. The van der Waals surface area contributed by atoms with Gasteiger partial charge in [-0.2, -0.15) is 0 Å². The van der Waals surface area contributed by atoms with Crippen molar-refractivity contribution in [1.82, 2.24) is 4.98 Å². The van der Waals surface area contributed by atoms with Crippen molar-refractivity contribution in [2.45, 2.75) is 19.4 Å². The van der Waals surface area contributed by atoms with Crippen LogP contribution < -0.4 is 9.64 Å². The van der Waals surface area contributed by atoms with Crippen LogP contribution in [0.15, 0.2) is 78.5 Å². The number of ether oxygens (including phenoxy) is 1. The van der Waals surface area contributed by atoms with E-state index in [-0.39, 0.29) is 11.3 Å². The van der Waals surface area contributed by atoms with E-state index in [9.17, 15) is 14.7 Å². The lowest BCUT2D eigenvalue weighted by molar-refractivity contribution is -0.132. The molecule has 3 aromatic rings. The molecule has 0 spiro atoms. The summed E-state index contributed by atoms with van der Waals surface area (Å²) < 4.78 is 5.23. The van der Waals surface area contributed by atoms with Crippen LogP contribution in [0.4, 0.5) is 5.69 Å². The summed E-state index contributed by atoms with van der Waals surface area (Å²) in [5.74, 6) is -1.19. The molecule has 2 aromatic carbocycles. The molecular weight excluding hydrogens is 392 g/mol. The second kappa shape index (κ2) is 8.44. The Kier molecular flexibility index (Phi) is 5.54. The first-order chi connectivity index (χ1) is 15.0. The third kappa shape index (κ3) is 3.68. The number of nitrogens with zero attached hydrogens (tertiary/aromatic N) is 2. The smallest absolute Gasteiger partial charge is 0.300 e. The standard InChI is InChI=1S/C25H22N2O4/c1-3-16-10-12-18(13-11-16)27-22(20-9-4-5-14-26-20)21(24(29)25(27)30)23(28)17-7-6-8-19(15-17)31-2/h4-15,22,28H,3H2,1-2H3/b23-21-. The van der Waals surface area contributed by atoms with Gasteiger partial charge in [0, 0.05) is 17.4 Å². The fourth-order valence-corrected chi connectivity index (χ4v) is 3.73. The van der Waals surface area contributed by atoms with Gasteiger partial charge in [-0.3, -0.25) is 19.5 Å². The van der Waals surface area contributed by atoms with Crippen LogP contribution in [0.5, 0.6) is 5.75 Å². The zero-order chi connectivity index (χ0) is 22.0. The molecule has 0 saturated carbocycles. The van der Waals surface area contributed by atoms with Gasteiger partial charge in [-0.15, -0.1) is 0 Å². The summed E-state index contributed by atoms with van der Waals surface area (Å²) in [6.07, 6.45) is 2.46. The normalized spacial score (nSPS) is 17.7. The first-order valence-electron chi connectivity index (χ1n) is 10.0. The van der Waals surface area contributed by atoms with E-state index in [0.29, 0.717) is 22.7 Å². The number of ketones is 1. The van der Waals surface area contributed by atoms with Gasteiger partial charge in [-0.25, -0.2) is 0 Å². The van der Waals surface area contributed by atoms with Crippen LogP contribution in [-0.2, 0) is 16.0 Å². The SMILES string of the molecule is CCc1ccc(N2C(=O)C(=O)/C(=C(\O)c3cccc(OC)c3)C2c2ccccn2)cc1. The van der Waals surface area contributed by atoms with E-state index in [0.717, 1.165) is 12.0 Å². The maximum absolute atomic E-state index is 13.1. The zero-order valence-electron chi connectivity index (χ0n) is 17.3. The number of aromatic nitrogens is 1. The first-order valence-corrected chi connectivity index (χ1v) is 10.0. The molecule has 1 fully saturated rings. The molecule has 1 N–H and O–H groups in total. The number of pyridine rings is 1. The van der Waals surface area contributed by atoms with Crippen LogP contribution in [0.25, 0.3) is 5.76 Å². The third-order valence-corrected chi connectivity index (χ3v) is 5.38. The van der Waals surface area contributed by atoms with E-state index in [1.807, 2.05) is 31.2 Å². The Morgan fingerprint density at radius 3 is 2.48 bits per heavy atom. The van der Waals surface area contributed by atoms with Crippen LogP contribution in [0.3, 0.4) is 0 Å². The third-order valence-electron chi connectivity index (χ3n) is 5.38. The number of benzene rings is 2. The summed E-state index contributed by atoms with van der Waals surface area (Å²) in [6.45, 7) is 2.04. The molecule has 6 heteroatoms. The lowest BCUT2D eigenvalue weighted by Gasteiger charge is -2.24. The summed E-state index contributed by atoms with van der Waals surface area (Å²) in [6, 6.07) is 18.6.